The van der Waals surface area contributed by atoms with Crippen molar-refractivity contribution in [3.05, 3.63) is 70.9 Å². The van der Waals surface area contributed by atoms with E-state index in [4.69, 9.17) is 4.74 Å². The van der Waals surface area contributed by atoms with Crippen molar-refractivity contribution < 1.29 is 9.53 Å². The second-order valence-corrected chi connectivity index (χ2v) is 7.58. The summed E-state index contributed by atoms with van der Waals surface area (Å²) in [6.07, 6.45) is 0. The molecule has 0 aliphatic carbocycles. The molecule has 5 nitrogen and oxygen atoms in total. The maximum atomic E-state index is 13.0. The highest BCUT2D eigenvalue weighted by molar-refractivity contribution is 6.08. The molecule has 30 heavy (non-hydrogen) atoms. The smallest absolute Gasteiger partial charge is 0.256 e. The summed E-state index contributed by atoms with van der Waals surface area (Å²) in [5.41, 5.74) is 4.75. The maximum Gasteiger partial charge on any atom is 0.256 e. The minimum Gasteiger partial charge on any atom is -0.475 e. The summed E-state index contributed by atoms with van der Waals surface area (Å²) >= 11 is 0. The maximum absolute atomic E-state index is 13.0. The Kier molecular flexibility index (Phi) is 7.06. The molecule has 2 aromatic carbocycles. The number of hydrogen-bond acceptors (Lipinski definition) is 4. The lowest BCUT2D eigenvalue weighted by Crippen LogP contribution is -2.31. The standard InChI is InChI=1S/C23H25N3O2.C2H6/c1-15(2)24-23(27)21-19-10-6-7-11-20(19)25-16(3)22(21)28-14-26-12-17-8-4-5-9-18(17)13-26;1-2/h4-11,15H,12-14H2,1-3H3,(H,24,27);1-2H3. The highest BCUT2D eigenvalue weighted by Crippen LogP contribution is 2.31. The summed E-state index contributed by atoms with van der Waals surface area (Å²) < 4.78 is 6.20. The molecule has 1 aliphatic rings. The predicted octanol–water partition coefficient (Wildman–Crippen LogP) is 5.06. The summed E-state index contributed by atoms with van der Waals surface area (Å²) in [5, 5.41) is 3.81. The third kappa shape index (κ3) is 4.62. The van der Waals surface area contributed by atoms with Gasteiger partial charge in [-0.2, -0.15) is 0 Å². The number of amides is 1. The number of hydrogen-bond donors (Lipinski definition) is 1. The van der Waals surface area contributed by atoms with Gasteiger partial charge in [-0.05, 0) is 38.0 Å². The zero-order chi connectivity index (χ0) is 21.7. The summed E-state index contributed by atoms with van der Waals surface area (Å²) in [5.74, 6) is 0.434. The van der Waals surface area contributed by atoms with Crippen LogP contribution in [0.3, 0.4) is 0 Å². The molecule has 0 atom stereocenters. The van der Waals surface area contributed by atoms with Gasteiger partial charge in [0.1, 0.15) is 6.73 Å². The summed E-state index contributed by atoms with van der Waals surface area (Å²) in [4.78, 5) is 19.9. The molecule has 1 N–H and O–H groups in total. The largest absolute Gasteiger partial charge is 0.475 e. The molecule has 2 heterocycles. The lowest BCUT2D eigenvalue weighted by Gasteiger charge is -2.20. The SMILES string of the molecule is CC.Cc1nc2ccccc2c(C(=O)NC(C)C)c1OCN1Cc2ccccc2C1. The number of carbonyl (C=O) groups excluding carboxylic acids is 1. The van der Waals surface area contributed by atoms with Crippen LogP contribution in [0, 0.1) is 6.92 Å². The van der Waals surface area contributed by atoms with Gasteiger partial charge in [0.15, 0.2) is 5.75 Å². The van der Waals surface area contributed by atoms with E-state index in [1.54, 1.807) is 0 Å². The van der Waals surface area contributed by atoms with Crippen LogP contribution in [0.15, 0.2) is 48.5 Å². The van der Waals surface area contributed by atoms with Crippen molar-refractivity contribution in [1.82, 2.24) is 15.2 Å². The first-order valence-electron chi connectivity index (χ1n) is 10.6. The Bertz CT molecular complexity index is 1010. The van der Waals surface area contributed by atoms with E-state index in [0.29, 0.717) is 18.0 Å². The van der Waals surface area contributed by atoms with E-state index < -0.39 is 0 Å². The van der Waals surface area contributed by atoms with Crippen LogP contribution in [0.5, 0.6) is 5.75 Å². The van der Waals surface area contributed by atoms with Gasteiger partial charge in [-0.3, -0.25) is 9.69 Å². The molecule has 0 saturated carbocycles. The highest BCUT2D eigenvalue weighted by Gasteiger charge is 2.23. The molecule has 0 bridgehead atoms. The van der Waals surface area contributed by atoms with Gasteiger partial charge in [0.2, 0.25) is 0 Å². The molecule has 0 saturated heterocycles. The van der Waals surface area contributed by atoms with E-state index in [2.05, 4.69) is 39.5 Å². The van der Waals surface area contributed by atoms with E-state index in [9.17, 15) is 4.79 Å². The fraction of sp³-hybridized carbons (Fsp3) is 0.360. The summed E-state index contributed by atoms with van der Waals surface area (Å²) in [7, 11) is 0. The monoisotopic (exact) mass is 405 g/mol. The molecule has 5 heteroatoms. The van der Waals surface area contributed by atoms with E-state index >= 15 is 0 Å². The number of ether oxygens (including phenoxy) is 1. The zero-order valence-electron chi connectivity index (χ0n) is 18.5. The number of para-hydroxylation sites is 1. The lowest BCUT2D eigenvalue weighted by atomic mass is 10.1. The van der Waals surface area contributed by atoms with Gasteiger partial charge in [-0.25, -0.2) is 4.98 Å². The number of aromatic nitrogens is 1. The number of nitrogens with one attached hydrogen (secondary N) is 1. The molecule has 0 spiro atoms. The zero-order valence-corrected chi connectivity index (χ0v) is 18.5. The van der Waals surface area contributed by atoms with Crippen LogP contribution >= 0.6 is 0 Å². The molecule has 0 radical (unpaired) electrons. The molecular formula is C25H31N3O2. The first-order chi connectivity index (χ1) is 14.5. The van der Waals surface area contributed by atoms with Crippen LogP contribution in [-0.4, -0.2) is 28.6 Å². The Labute approximate surface area is 179 Å². The van der Waals surface area contributed by atoms with Crippen molar-refractivity contribution in [3.63, 3.8) is 0 Å². The van der Waals surface area contributed by atoms with Crippen molar-refractivity contribution in [2.75, 3.05) is 6.73 Å². The first kappa shape index (κ1) is 21.8. The second-order valence-electron chi connectivity index (χ2n) is 7.58. The molecular weight excluding hydrogens is 374 g/mol. The van der Waals surface area contributed by atoms with Crippen LogP contribution in [-0.2, 0) is 13.1 Å². The summed E-state index contributed by atoms with van der Waals surface area (Å²) in [6, 6.07) is 16.2. The van der Waals surface area contributed by atoms with Gasteiger partial charge < -0.3 is 10.1 Å². The number of rotatable bonds is 5. The lowest BCUT2D eigenvalue weighted by molar-refractivity contribution is 0.0926. The van der Waals surface area contributed by atoms with E-state index in [0.717, 1.165) is 29.7 Å². The van der Waals surface area contributed by atoms with Gasteiger partial charge in [0.05, 0.1) is 16.8 Å². The topological polar surface area (TPSA) is 54.5 Å². The molecule has 158 valence electrons. The Hall–Kier alpha value is -2.92. The normalized spacial score (nSPS) is 13.0. The minimum absolute atomic E-state index is 0.0423. The number of aryl methyl sites for hydroxylation is 1. The third-order valence-corrected chi connectivity index (χ3v) is 4.96. The molecule has 3 aromatic rings. The van der Waals surface area contributed by atoms with Gasteiger partial charge in [-0.15, -0.1) is 0 Å². The van der Waals surface area contributed by atoms with Gasteiger partial charge in [-0.1, -0.05) is 56.3 Å². The molecule has 1 amide bonds. The predicted molar refractivity (Wildman–Crippen MR) is 122 cm³/mol. The third-order valence-electron chi connectivity index (χ3n) is 4.96. The fourth-order valence-corrected chi connectivity index (χ4v) is 3.70. The van der Waals surface area contributed by atoms with Crippen molar-refractivity contribution in [1.29, 1.82) is 0 Å². The van der Waals surface area contributed by atoms with Crippen molar-refractivity contribution in [3.8, 4) is 5.75 Å². The van der Waals surface area contributed by atoms with Crippen molar-refractivity contribution >= 4 is 16.8 Å². The second kappa shape index (κ2) is 9.72. The fourth-order valence-electron chi connectivity index (χ4n) is 3.70. The van der Waals surface area contributed by atoms with Crippen molar-refractivity contribution in [2.24, 2.45) is 0 Å². The van der Waals surface area contributed by atoms with Crippen LogP contribution in [0.25, 0.3) is 10.9 Å². The van der Waals surface area contributed by atoms with E-state index in [-0.39, 0.29) is 11.9 Å². The van der Waals surface area contributed by atoms with Crippen LogP contribution < -0.4 is 10.1 Å². The number of carbonyl (C=O) groups is 1. The van der Waals surface area contributed by atoms with E-state index in [1.807, 2.05) is 58.9 Å². The average molecular weight is 406 g/mol. The molecule has 0 unspecified atom stereocenters. The number of nitrogens with zero attached hydrogens (tertiary/aromatic N) is 2. The number of fused-ring (bicyclic) bond motifs is 2. The average Bonchev–Trinajstić information content (AvgIpc) is 3.15. The van der Waals surface area contributed by atoms with Gasteiger partial charge in [0.25, 0.3) is 5.91 Å². The summed E-state index contributed by atoms with van der Waals surface area (Å²) in [6.45, 7) is 11.9. The molecule has 1 aromatic heterocycles. The van der Waals surface area contributed by atoms with Gasteiger partial charge >= 0.3 is 0 Å². The van der Waals surface area contributed by atoms with Crippen molar-refractivity contribution in [2.45, 2.75) is 53.8 Å². The Morgan fingerprint density at radius 1 is 1.07 bits per heavy atom. The quantitative estimate of drug-likeness (QED) is 0.645. The Balaban J connectivity index is 0.00000124. The molecule has 0 fully saturated rings. The number of pyridine rings is 1. The van der Waals surface area contributed by atoms with Crippen LogP contribution in [0.4, 0.5) is 0 Å². The van der Waals surface area contributed by atoms with Crippen LogP contribution in [0.1, 0.15) is 54.9 Å². The molecule has 4 rings (SSSR count). The minimum atomic E-state index is -0.128. The highest BCUT2D eigenvalue weighted by atomic mass is 16.5. The molecule has 1 aliphatic heterocycles. The number of benzene rings is 2. The van der Waals surface area contributed by atoms with E-state index in [1.165, 1.54) is 11.1 Å². The Morgan fingerprint density at radius 2 is 1.67 bits per heavy atom. The van der Waals surface area contributed by atoms with Crippen LogP contribution in [0.2, 0.25) is 0 Å². The van der Waals surface area contributed by atoms with Gasteiger partial charge in [0, 0.05) is 24.5 Å². The first-order valence-corrected chi connectivity index (χ1v) is 10.6. The Morgan fingerprint density at radius 3 is 2.30 bits per heavy atom.